The van der Waals surface area contributed by atoms with Crippen LogP contribution in [0.1, 0.15) is 52.9 Å². The zero-order valence-corrected chi connectivity index (χ0v) is 12.4. The normalized spacial score (nSPS) is 19.4. The lowest BCUT2D eigenvalue weighted by Gasteiger charge is -2.26. The van der Waals surface area contributed by atoms with Crippen LogP contribution in [0.4, 0.5) is 4.79 Å². The van der Waals surface area contributed by atoms with Crippen LogP contribution >= 0.6 is 0 Å². The number of likely N-dealkylation sites (tertiary alicyclic amines) is 1. The van der Waals surface area contributed by atoms with Gasteiger partial charge in [0.05, 0.1) is 13.1 Å². The number of imide groups is 1. The molecule has 1 heterocycles. The third-order valence-electron chi connectivity index (χ3n) is 3.66. The highest BCUT2D eigenvalue weighted by Gasteiger charge is 2.26. The van der Waals surface area contributed by atoms with Crippen LogP contribution in [0.3, 0.4) is 0 Å². The van der Waals surface area contributed by atoms with E-state index in [9.17, 15) is 9.59 Å². The van der Waals surface area contributed by atoms with Crippen molar-refractivity contribution >= 4 is 11.9 Å². The van der Waals surface area contributed by atoms with Gasteiger partial charge in [0.15, 0.2) is 6.04 Å². The highest BCUT2D eigenvalue weighted by atomic mass is 16.2. The van der Waals surface area contributed by atoms with Crippen molar-refractivity contribution in [2.24, 2.45) is 0 Å². The second-order valence-corrected chi connectivity index (χ2v) is 5.77. The topological polar surface area (TPSA) is 62.6 Å². The maximum absolute atomic E-state index is 12.0. The Morgan fingerprint density at radius 2 is 1.47 bits per heavy atom. The number of quaternary nitrogens is 1. The van der Waals surface area contributed by atoms with Crippen LogP contribution in [-0.4, -0.2) is 37.1 Å². The van der Waals surface area contributed by atoms with E-state index in [1.807, 2.05) is 20.8 Å². The number of amides is 3. The van der Waals surface area contributed by atoms with E-state index in [0.717, 1.165) is 13.1 Å². The van der Waals surface area contributed by atoms with Crippen LogP contribution in [0.5, 0.6) is 0 Å². The number of urea groups is 1. The number of hydrogen-bond donors (Lipinski definition) is 3. The van der Waals surface area contributed by atoms with E-state index in [0.29, 0.717) is 0 Å². The van der Waals surface area contributed by atoms with Gasteiger partial charge in [-0.2, -0.15) is 0 Å². The smallest absolute Gasteiger partial charge is 0.321 e. The Balaban J connectivity index is 2.43. The van der Waals surface area contributed by atoms with Crippen molar-refractivity contribution in [3.8, 4) is 0 Å². The Kier molecular flexibility index (Phi) is 6.84. The average molecular weight is 270 g/mol. The van der Waals surface area contributed by atoms with Gasteiger partial charge in [0, 0.05) is 6.04 Å². The lowest BCUT2D eigenvalue weighted by Crippen LogP contribution is -3.16. The molecule has 0 saturated carbocycles. The van der Waals surface area contributed by atoms with E-state index >= 15 is 0 Å². The summed E-state index contributed by atoms with van der Waals surface area (Å²) in [5, 5.41) is 5.11. The predicted molar refractivity (Wildman–Crippen MR) is 75.1 cm³/mol. The van der Waals surface area contributed by atoms with Gasteiger partial charge in [-0.05, 0) is 46.5 Å². The summed E-state index contributed by atoms with van der Waals surface area (Å²) in [5.41, 5.74) is 0. The van der Waals surface area contributed by atoms with Gasteiger partial charge >= 0.3 is 6.03 Å². The third kappa shape index (κ3) is 6.05. The van der Waals surface area contributed by atoms with E-state index in [-0.39, 0.29) is 18.0 Å². The van der Waals surface area contributed by atoms with Crippen LogP contribution in [0.25, 0.3) is 0 Å². The molecule has 1 saturated heterocycles. The van der Waals surface area contributed by atoms with E-state index in [4.69, 9.17) is 0 Å². The minimum absolute atomic E-state index is 0.0390. The van der Waals surface area contributed by atoms with Crippen LogP contribution in [0.15, 0.2) is 0 Å². The van der Waals surface area contributed by atoms with Gasteiger partial charge in [0.2, 0.25) is 0 Å². The number of hydrogen-bond acceptors (Lipinski definition) is 2. The summed E-state index contributed by atoms with van der Waals surface area (Å²) < 4.78 is 0. The summed E-state index contributed by atoms with van der Waals surface area (Å²) in [7, 11) is 0. The van der Waals surface area contributed by atoms with Gasteiger partial charge < -0.3 is 10.2 Å². The van der Waals surface area contributed by atoms with Gasteiger partial charge in [-0.15, -0.1) is 0 Å². The van der Waals surface area contributed by atoms with Crippen molar-refractivity contribution in [3.05, 3.63) is 0 Å². The van der Waals surface area contributed by atoms with Crippen LogP contribution in [-0.2, 0) is 4.79 Å². The first-order chi connectivity index (χ1) is 9.00. The van der Waals surface area contributed by atoms with Gasteiger partial charge in [0.1, 0.15) is 0 Å². The van der Waals surface area contributed by atoms with E-state index in [1.165, 1.54) is 37.0 Å². The number of carbonyl (C=O) groups is 2. The standard InChI is InChI=1S/C14H27N3O2/c1-11(2)15-14(19)16-13(18)12(3)17-9-7-5-4-6-8-10-17/h11-12H,4-10H2,1-3H3,(H2,15,16,18,19)/p+1/t12-/m0/s1. The molecule has 0 aromatic carbocycles. The van der Waals surface area contributed by atoms with E-state index in [2.05, 4.69) is 10.6 Å². The first kappa shape index (κ1) is 16.0. The van der Waals surface area contributed by atoms with Crippen molar-refractivity contribution in [2.75, 3.05) is 13.1 Å². The summed E-state index contributed by atoms with van der Waals surface area (Å²) in [6.07, 6.45) is 6.16. The first-order valence-corrected chi connectivity index (χ1v) is 7.46. The summed E-state index contributed by atoms with van der Waals surface area (Å²) in [6.45, 7) is 7.71. The zero-order valence-electron chi connectivity index (χ0n) is 12.4. The Morgan fingerprint density at radius 3 is 2.00 bits per heavy atom. The van der Waals surface area contributed by atoms with Crippen LogP contribution in [0.2, 0.25) is 0 Å². The predicted octanol–water partition coefficient (Wildman–Crippen LogP) is 0.458. The van der Waals surface area contributed by atoms with E-state index in [1.54, 1.807) is 0 Å². The van der Waals surface area contributed by atoms with Crippen molar-refractivity contribution in [1.82, 2.24) is 10.6 Å². The average Bonchev–Trinajstić information content (AvgIpc) is 2.26. The summed E-state index contributed by atoms with van der Waals surface area (Å²) in [4.78, 5) is 24.9. The monoisotopic (exact) mass is 270 g/mol. The molecule has 1 aliphatic rings. The summed E-state index contributed by atoms with van der Waals surface area (Å²) >= 11 is 0. The highest BCUT2D eigenvalue weighted by molar-refractivity contribution is 5.96. The van der Waals surface area contributed by atoms with Crippen molar-refractivity contribution in [1.29, 1.82) is 0 Å². The molecule has 1 aliphatic heterocycles. The molecule has 19 heavy (non-hydrogen) atoms. The second kappa shape index (κ2) is 8.15. The quantitative estimate of drug-likeness (QED) is 0.697. The van der Waals surface area contributed by atoms with Gasteiger partial charge in [0.25, 0.3) is 5.91 Å². The number of carbonyl (C=O) groups excluding carboxylic acids is 2. The summed E-state index contributed by atoms with van der Waals surface area (Å²) in [5.74, 6) is -0.172. The Bertz CT molecular complexity index is 297. The molecular formula is C14H28N3O2+. The molecule has 0 radical (unpaired) electrons. The third-order valence-corrected chi connectivity index (χ3v) is 3.66. The minimum atomic E-state index is -0.390. The maximum Gasteiger partial charge on any atom is 0.321 e. The number of nitrogens with one attached hydrogen (secondary N) is 3. The van der Waals surface area contributed by atoms with Crippen molar-refractivity contribution in [2.45, 2.75) is 65.0 Å². The molecule has 1 rings (SSSR count). The second-order valence-electron chi connectivity index (χ2n) is 5.77. The highest BCUT2D eigenvalue weighted by Crippen LogP contribution is 2.03. The van der Waals surface area contributed by atoms with Crippen molar-refractivity contribution < 1.29 is 14.5 Å². The summed E-state index contributed by atoms with van der Waals surface area (Å²) in [6, 6.07) is -0.508. The van der Waals surface area contributed by atoms with Gasteiger partial charge in [-0.3, -0.25) is 10.1 Å². The largest absolute Gasteiger partial charge is 0.336 e. The molecule has 0 spiro atoms. The molecule has 1 atom stereocenters. The molecular weight excluding hydrogens is 242 g/mol. The van der Waals surface area contributed by atoms with Crippen molar-refractivity contribution in [3.63, 3.8) is 0 Å². The van der Waals surface area contributed by atoms with Gasteiger partial charge in [-0.25, -0.2) is 4.79 Å². The molecule has 0 bridgehead atoms. The Morgan fingerprint density at radius 1 is 0.947 bits per heavy atom. The molecule has 0 aromatic heterocycles. The van der Waals surface area contributed by atoms with Crippen LogP contribution in [0, 0.1) is 0 Å². The van der Waals surface area contributed by atoms with Gasteiger partial charge in [-0.1, -0.05) is 6.42 Å². The fraction of sp³-hybridized carbons (Fsp3) is 0.857. The van der Waals surface area contributed by atoms with E-state index < -0.39 is 6.03 Å². The fourth-order valence-electron chi connectivity index (χ4n) is 2.50. The molecule has 0 unspecified atom stereocenters. The SMILES string of the molecule is CC(C)NC(=O)NC(=O)[C@H](C)[NH+]1CCCCCCC1. The fourth-order valence-corrected chi connectivity index (χ4v) is 2.50. The maximum atomic E-state index is 12.0. The number of rotatable bonds is 3. The lowest BCUT2D eigenvalue weighted by atomic mass is 10.1. The zero-order chi connectivity index (χ0) is 14.3. The molecule has 0 aromatic rings. The molecule has 110 valence electrons. The molecule has 0 aliphatic carbocycles. The molecule has 3 N–H and O–H groups in total. The minimum Gasteiger partial charge on any atom is -0.336 e. The Hall–Kier alpha value is -1.10. The first-order valence-electron chi connectivity index (χ1n) is 7.46. The molecule has 5 nitrogen and oxygen atoms in total. The lowest BCUT2D eigenvalue weighted by molar-refractivity contribution is -0.915. The molecule has 3 amide bonds. The van der Waals surface area contributed by atoms with Crippen LogP contribution < -0.4 is 15.5 Å². The molecule has 5 heteroatoms. The molecule has 1 fully saturated rings. The Labute approximate surface area is 116 Å².